The van der Waals surface area contributed by atoms with Crippen molar-refractivity contribution in [2.24, 2.45) is 5.92 Å². The number of hydrogen-bond donors (Lipinski definition) is 1. The molecule has 1 aliphatic heterocycles. The highest BCUT2D eigenvalue weighted by atomic mass is 32.2. The van der Waals surface area contributed by atoms with E-state index in [1.807, 2.05) is 13.2 Å². The van der Waals surface area contributed by atoms with Crippen LogP contribution in [0.2, 0.25) is 0 Å². The molecule has 20 heavy (non-hydrogen) atoms. The van der Waals surface area contributed by atoms with Crippen LogP contribution in [0.15, 0.2) is 0 Å². The first-order valence-electron chi connectivity index (χ1n) is 7.74. The Morgan fingerprint density at radius 3 is 2.70 bits per heavy atom. The molecule has 2 aliphatic rings. The van der Waals surface area contributed by atoms with Crippen molar-refractivity contribution in [3.63, 3.8) is 0 Å². The van der Waals surface area contributed by atoms with E-state index in [1.54, 1.807) is 11.8 Å². The van der Waals surface area contributed by atoms with Gasteiger partial charge in [-0.05, 0) is 19.1 Å². The maximum absolute atomic E-state index is 11.9. The minimum absolute atomic E-state index is 0.0125. The van der Waals surface area contributed by atoms with Crippen molar-refractivity contribution in [3.8, 4) is 0 Å². The van der Waals surface area contributed by atoms with Gasteiger partial charge in [0.2, 0.25) is 5.91 Å². The van der Waals surface area contributed by atoms with Crippen molar-refractivity contribution in [1.82, 2.24) is 5.32 Å². The molecule has 1 saturated heterocycles. The molecule has 5 heteroatoms. The van der Waals surface area contributed by atoms with Gasteiger partial charge < -0.3 is 14.8 Å². The fraction of sp³-hybridized carbons (Fsp3) is 0.933. The van der Waals surface area contributed by atoms with Gasteiger partial charge in [0.25, 0.3) is 0 Å². The quantitative estimate of drug-likeness (QED) is 0.848. The van der Waals surface area contributed by atoms with Crippen LogP contribution < -0.4 is 5.32 Å². The molecule has 2 rings (SSSR count). The predicted octanol–water partition coefficient (Wildman–Crippen LogP) is 2.57. The molecule has 116 valence electrons. The Hall–Kier alpha value is -0.260. The molecular weight excluding hydrogens is 274 g/mol. The second-order valence-corrected chi connectivity index (χ2v) is 6.89. The smallest absolute Gasteiger partial charge is 0.223 e. The fourth-order valence-corrected chi connectivity index (χ4v) is 3.61. The van der Waals surface area contributed by atoms with Gasteiger partial charge in [0.05, 0.1) is 6.61 Å². The monoisotopic (exact) mass is 301 g/mol. The molecule has 2 fully saturated rings. The highest BCUT2D eigenvalue weighted by Gasteiger charge is 2.41. The largest absolute Gasteiger partial charge is 0.353 e. The first kappa shape index (κ1) is 16.1. The molecule has 1 spiro atoms. The van der Waals surface area contributed by atoms with Crippen LogP contribution in [0.1, 0.15) is 45.4 Å². The molecule has 2 atom stereocenters. The zero-order valence-electron chi connectivity index (χ0n) is 12.7. The van der Waals surface area contributed by atoms with Crippen molar-refractivity contribution < 1.29 is 14.3 Å². The van der Waals surface area contributed by atoms with Crippen molar-refractivity contribution >= 4 is 17.7 Å². The van der Waals surface area contributed by atoms with Crippen molar-refractivity contribution in [3.05, 3.63) is 0 Å². The molecule has 0 radical (unpaired) electrons. The number of hydrogen-bond acceptors (Lipinski definition) is 4. The van der Waals surface area contributed by atoms with E-state index in [9.17, 15) is 4.79 Å². The van der Waals surface area contributed by atoms with Gasteiger partial charge in [-0.1, -0.05) is 19.8 Å². The zero-order chi connectivity index (χ0) is 14.4. The van der Waals surface area contributed by atoms with Gasteiger partial charge in [-0.25, -0.2) is 0 Å². The summed E-state index contributed by atoms with van der Waals surface area (Å²) in [6, 6.07) is 0. The molecule has 1 aliphatic carbocycles. The fourth-order valence-electron chi connectivity index (χ4n) is 2.96. The molecular formula is C15H27NO3S. The van der Waals surface area contributed by atoms with Crippen LogP contribution in [0.3, 0.4) is 0 Å². The summed E-state index contributed by atoms with van der Waals surface area (Å²) in [4.78, 5) is 11.9. The number of nitrogens with one attached hydrogen (secondary N) is 1. The average molecular weight is 301 g/mol. The van der Waals surface area contributed by atoms with Gasteiger partial charge in [0, 0.05) is 31.1 Å². The topological polar surface area (TPSA) is 47.6 Å². The number of thioether (sulfide) groups is 1. The van der Waals surface area contributed by atoms with E-state index in [-0.39, 0.29) is 23.7 Å². The Morgan fingerprint density at radius 2 is 2.05 bits per heavy atom. The first-order chi connectivity index (χ1) is 9.65. The summed E-state index contributed by atoms with van der Waals surface area (Å²) in [5.74, 6) is 0.679. The molecule has 1 saturated carbocycles. The third-order valence-corrected chi connectivity index (χ3v) is 4.98. The number of carbonyl (C=O) groups is 1. The minimum Gasteiger partial charge on any atom is -0.353 e. The number of amides is 1. The molecule has 1 N–H and O–H groups in total. The van der Waals surface area contributed by atoms with Gasteiger partial charge in [-0.3, -0.25) is 4.79 Å². The van der Waals surface area contributed by atoms with E-state index >= 15 is 0 Å². The van der Waals surface area contributed by atoms with Crippen LogP contribution in [0.25, 0.3) is 0 Å². The molecule has 0 aromatic carbocycles. The Bertz CT molecular complexity index is 316. The number of carbonyl (C=O) groups excluding carboxylic acids is 1. The number of rotatable bonds is 5. The summed E-state index contributed by atoms with van der Waals surface area (Å²) >= 11 is 1.70. The highest BCUT2D eigenvalue weighted by Crippen LogP contribution is 2.36. The minimum atomic E-state index is -0.350. The standard InChI is InChI=1S/C15H27NO3S/c1-12(11-20-2)14(17)16-9-13-10-18-15(19-13)7-5-3-4-6-8-15/h12-13H,3-11H2,1-2H3,(H,16,17)/t12-,13+/m1/s1. The molecule has 0 unspecified atom stereocenters. The first-order valence-corrected chi connectivity index (χ1v) is 9.13. The summed E-state index contributed by atoms with van der Waals surface area (Å²) in [6.07, 6.45) is 8.96. The van der Waals surface area contributed by atoms with Crippen molar-refractivity contribution in [2.45, 2.75) is 57.3 Å². The normalized spacial score (nSPS) is 27.2. The van der Waals surface area contributed by atoms with Crippen LogP contribution >= 0.6 is 11.8 Å². The van der Waals surface area contributed by atoms with Crippen LogP contribution in [-0.4, -0.2) is 43.0 Å². The van der Waals surface area contributed by atoms with Gasteiger partial charge >= 0.3 is 0 Å². The maximum Gasteiger partial charge on any atom is 0.223 e. The molecule has 1 amide bonds. The van der Waals surface area contributed by atoms with Crippen LogP contribution in [0.5, 0.6) is 0 Å². The maximum atomic E-state index is 11.9. The summed E-state index contributed by atoms with van der Waals surface area (Å²) in [5, 5.41) is 2.99. The number of ether oxygens (including phenoxy) is 2. The van der Waals surface area contributed by atoms with Gasteiger partial charge in [0.1, 0.15) is 6.10 Å². The van der Waals surface area contributed by atoms with Crippen LogP contribution in [-0.2, 0) is 14.3 Å². The second-order valence-electron chi connectivity index (χ2n) is 5.98. The average Bonchev–Trinajstić information content (AvgIpc) is 2.68. The third-order valence-electron chi connectivity index (χ3n) is 4.15. The van der Waals surface area contributed by atoms with E-state index in [0.29, 0.717) is 13.2 Å². The highest BCUT2D eigenvalue weighted by molar-refractivity contribution is 7.98. The van der Waals surface area contributed by atoms with Gasteiger partial charge in [-0.2, -0.15) is 11.8 Å². The Kier molecular flexibility index (Phi) is 6.18. The van der Waals surface area contributed by atoms with Crippen molar-refractivity contribution in [2.75, 3.05) is 25.2 Å². The SMILES string of the molecule is CSC[C@@H](C)C(=O)NC[C@H]1COC2(CCCCCC2)O1. The Morgan fingerprint density at radius 1 is 1.35 bits per heavy atom. The molecule has 0 aromatic rings. The van der Waals surface area contributed by atoms with Gasteiger partial charge in [-0.15, -0.1) is 0 Å². The van der Waals surface area contributed by atoms with Gasteiger partial charge in [0.15, 0.2) is 5.79 Å². The van der Waals surface area contributed by atoms with E-state index in [0.717, 1.165) is 18.6 Å². The van der Waals surface area contributed by atoms with E-state index in [1.165, 1.54) is 25.7 Å². The third kappa shape index (κ3) is 4.37. The summed E-state index contributed by atoms with van der Waals surface area (Å²) in [6.45, 7) is 3.14. The molecule has 4 nitrogen and oxygen atoms in total. The Labute approximate surface area is 126 Å². The zero-order valence-corrected chi connectivity index (χ0v) is 13.5. The van der Waals surface area contributed by atoms with E-state index < -0.39 is 0 Å². The lowest BCUT2D eigenvalue weighted by Gasteiger charge is -2.26. The lowest BCUT2D eigenvalue weighted by molar-refractivity contribution is -0.175. The van der Waals surface area contributed by atoms with Crippen LogP contribution in [0.4, 0.5) is 0 Å². The lowest BCUT2D eigenvalue weighted by atomic mass is 10.1. The Balaban J connectivity index is 1.74. The molecule has 0 aromatic heterocycles. The van der Waals surface area contributed by atoms with Crippen molar-refractivity contribution in [1.29, 1.82) is 0 Å². The van der Waals surface area contributed by atoms with E-state index in [2.05, 4.69) is 5.32 Å². The van der Waals surface area contributed by atoms with E-state index in [4.69, 9.17) is 9.47 Å². The predicted molar refractivity (Wildman–Crippen MR) is 81.8 cm³/mol. The molecule has 0 bridgehead atoms. The summed E-state index contributed by atoms with van der Waals surface area (Å²) in [5.41, 5.74) is 0. The molecule has 1 heterocycles. The summed E-state index contributed by atoms with van der Waals surface area (Å²) < 4.78 is 12.1. The lowest BCUT2D eigenvalue weighted by Crippen LogP contribution is -2.38. The second kappa shape index (κ2) is 7.66. The summed E-state index contributed by atoms with van der Waals surface area (Å²) in [7, 11) is 0. The van der Waals surface area contributed by atoms with Crippen LogP contribution in [0, 0.1) is 5.92 Å².